The zero-order valence-corrected chi connectivity index (χ0v) is 17.5. The molecule has 2 aromatic rings. The minimum Gasteiger partial charge on any atom is -0.382 e. The summed E-state index contributed by atoms with van der Waals surface area (Å²) >= 11 is 0. The predicted octanol–water partition coefficient (Wildman–Crippen LogP) is 2.41. The lowest BCUT2D eigenvalue weighted by Gasteiger charge is -2.15. The number of nitrogens with one attached hydrogen (secondary N) is 2. The molecule has 0 spiro atoms. The molecule has 7 nitrogen and oxygen atoms in total. The number of guanidine groups is 1. The number of ether oxygens (including phenoxy) is 2. The third kappa shape index (κ3) is 6.98. The number of nitrogens with zero attached hydrogens (tertiary/aromatic N) is 3. The maximum Gasteiger partial charge on any atom is 0.191 e. The molecule has 2 rings (SSSR count). The van der Waals surface area contributed by atoms with Gasteiger partial charge in [0, 0.05) is 46.3 Å². The zero-order chi connectivity index (χ0) is 20.2. The van der Waals surface area contributed by atoms with Crippen LogP contribution < -0.4 is 15.5 Å². The highest BCUT2D eigenvalue weighted by Crippen LogP contribution is 2.22. The van der Waals surface area contributed by atoms with E-state index in [4.69, 9.17) is 19.5 Å². The fourth-order valence-corrected chi connectivity index (χ4v) is 2.72. The summed E-state index contributed by atoms with van der Waals surface area (Å²) in [5.41, 5.74) is 2.15. The summed E-state index contributed by atoms with van der Waals surface area (Å²) in [7, 11) is 5.69. The number of aliphatic imine (C=N–C) groups is 1. The van der Waals surface area contributed by atoms with Crippen LogP contribution in [0.3, 0.4) is 0 Å². The Balaban J connectivity index is 2.01. The van der Waals surface area contributed by atoms with Gasteiger partial charge in [0.25, 0.3) is 0 Å². The number of hydrogen-bond donors (Lipinski definition) is 2. The summed E-state index contributed by atoms with van der Waals surface area (Å²) in [6, 6.07) is 10.3. The molecule has 0 unspecified atom stereocenters. The molecule has 0 fully saturated rings. The Morgan fingerprint density at radius 2 is 1.96 bits per heavy atom. The first-order valence-corrected chi connectivity index (χ1v) is 9.80. The summed E-state index contributed by atoms with van der Waals surface area (Å²) in [5.74, 6) is 1.75. The van der Waals surface area contributed by atoms with Crippen molar-refractivity contribution in [1.82, 2.24) is 15.6 Å². The molecule has 1 aromatic heterocycles. The Morgan fingerprint density at radius 3 is 2.71 bits per heavy atom. The Hall–Kier alpha value is -2.38. The van der Waals surface area contributed by atoms with Gasteiger partial charge in [-0.1, -0.05) is 18.2 Å². The number of fused-ring (bicyclic) bond motifs is 1. The zero-order valence-electron chi connectivity index (χ0n) is 17.5. The number of methoxy groups -OCH3 is 1. The standard InChI is InChI=1S/C21H33N5O2/c1-5-22-21(23-11-8-12-28-14-13-27-4)24-16-17-15-20(26(2)3)25-19-10-7-6-9-18(17)19/h6-7,9-10,15H,5,8,11-14,16H2,1-4H3,(H2,22,23,24). The lowest BCUT2D eigenvalue weighted by atomic mass is 10.1. The van der Waals surface area contributed by atoms with Crippen molar-refractivity contribution in [1.29, 1.82) is 0 Å². The topological polar surface area (TPSA) is 71.0 Å². The van der Waals surface area contributed by atoms with Crippen LogP contribution in [0.25, 0.3) is 10.9 Å². The molecule has 1 heterocycles. The second-order valence-electron chi connectivity index (χ2n) is 6.63. The molecule has 0 aliphatic rings. The summed E-state index contributed by atoms with van der Waals surface area (Å²) in [6.45, 7) is 6.24. The van der Waals surface area contributed by atoms with Gasteiger partial charge in [0.1, 0.15) is 5.82 Å². The van der Waals surface area contributed by atoms with E-state index in [2.05, 4.69) is 29.7 Å². The van der Waals surface area contributed by atoms with E-state index < -0.39 is 0 Å². The van der Waals surface area contributed by atoms with E-state index in [0.29, 0.717) is 26.4 Å². The van der Waals surface area contributed by atoms with Gasteiger partial charge in [0.15, 0.2) is 5.96 Å². The van der Waals surface area contributed by atoms with Gasteiger partial charge in [0.05, 0.1) is 25.3 Å². The highest BCUT2D eigenvalue weighted by Gasteiger charge is 2.07. The first kappa shape index (κ1) is 21.9. The molecule has 2 N–H and O–H groups in total. The summed E-state index contributed by atoms with van der Waals surface area (Å²) in [5, 5.41) is 7.81. The molecule has 1 aromatic carbocycles. The van der Waals surface area contributed by atoms with E-state index in [-0.39, 0.29) is 0 Å². The van der Waals surface area contributed by atoms with Crippen LogP contribution >= 0.6 is 0 Å². The lowest BCUT2D eigenvalue weighted by molar-refractivity contribution is 0.0698. The quantitative estimate of drug-likeness (QED) is 0.351. The van der Waals surface area contributed by atoms with Gasteiger partial charge in [-0.3, -0.25) is 0 Å². The van der Waals surface area contributed by atoms with Crippen LogP contribution in [0, 0.1) is 0 Å². The molecule has 0 aliphatic carbocycles. The number of para-hydroxylation sites is 1. The molecule has 0 aliphatic heterocycles. The monoisotopic (exact) mass is 387 g/mol. The number of aromatic nitrogens is 1. The molecule has 0 radical (unpaired) electrons. The van der Waals surface area contributed by atoms with Crippen molar-refractivity contribution in [3.63, 3.8) is 0 Å². The second kappa shape index (κ2) is 12.2. The average Bonchev–Trinajstić information content (AvgIpc) is 2.70. The predicted molar refractivity (Wildman–Crippen MR) is 116 cm³/mol. The average molecular weight is 388 g/mol. The van der Waals surface area contributed by atoms with Crippen molar-refractivity contribution in [2.24, 2.45) is 4.99 Å². The largest absolute Gasteiger partial charge is 0.382 e. The van der Waals surface area contributed by atoms with Crippen molar-refractivity contribution in [3.8, 4) is 0 Å². The second-order valence-corrected chi connectivity index (χ2v) is 6.63. The minimum absolute atomic E-state index is 0.587. The molecule has 0 bridgehead atoms. The van der Waals surface area contributed by atoms with E-state index in [1.807, 2.05) is 37.2 Å². The molecular weight excluding hydrogens is 354 g/mol. The molecule has 7 heteroatoms. The van der Waals surface area contributed by atoms with Crippen LogP contribution in [0.5, 0.6) is 0 Å². The SMILES string of the molecule is CCNC(=NCc1cc(N(C)C)nc2ccccc12)NCCCOCCOC. The molecule has 28 heavy (non-hydrogen) atoms. The van der Waals surface area contributed by atoms with Crippen molar-refractivity contribution in [2.45, 2.75) is 19.9 Å². The minimum atomic E-state index is 0.587. The van der Waals surface area contributed by atoms with Crippen LogP contribution in [0.15, 0.2) is 35.3 Å². The maximum atomic E-state index is 5.49. The normalized spacial score (nSPS) is 11.6. The van der Waals surface area contributed by atoms with Gasteiger partial charge in [-0.05, 0) is 31.0 Å². The Labute approximate surface area is 168 Å². The maximum absolute atomic E-state index is 5.49. The van der Waals surface area contributed by atoms with Crippen molar-refractivity contribution >= 4 is 22.7 Å². The van der Waals surface area contributed by atoms with Crippen molar-refractivity contribution < 1.29 is 9.47 Å². The number of hydrogen-bond acceptors (Lipinski definition) is 5. The molecule has 0 saturated heterocycles. The van der Waals surface area contributed by atoms with Crippen LogP contribution in [-0.2, 0) is 16.0 Å². The van der Waals surface area contributed by atoms with Crippen LogP contribution in [0.1, 0.15) is 18.9 Å². The van der Waals surface area contributed by atoms with E-state index in [0.717, 1.165) is 47.8 Å². The smallest absolute Gasteiger partial charge is 0.191 e. The summed E-state index contributed by atoms with van der Waals surface area (Å²) < 4.78 is 10.5. The van der Waals surface area contributed by atoms with Gasteiger partial charge < -0.3 is 25.0 Å². The van der Waals surface area contributed by atoms with E-state index in [1.54, 1.807) is 7.11 Å². The fraction of sp³-hybridized carbons (Fsp3) is 0.524. The van der Waals surface area contributed by atoms with Gasteiger partial charge in [-0.25, -0.2) is 9.98 Å². The molecule has 154 valence electrons. The molecular formula is C21H33N5O2. The number of rotatable bonds is 11. The van der Waals surface area contributed by atoms with Gasteiger partial charge in [-0.15, -0.1) is 0 Å². The molecule has 0 amide bonds. The van der Waals surface area contributed by atoms with Gasteiger partial charge in [-0.2, -0.15) is 0 Å². The number of benzene rings is 1. The van der Waals surface area contributed by atoms with Crippen molar-refractivity contribution in [2.75, 3.05) is 59.0 Å². The van der Waals surface area contributed by atoms with Crippen LogP contribution in [0.4, 0.5) is 5.82 Å². The molecule has 0 atom stereocenters. The first-order chi connectivity index (χ1) is 13.7. The number of anilines is 1. The van der Waals surface area contributed by atoms with E-state index in [9.17, 15) is 0 Å². The summed E-state index contributed by atoms with van der Waals surface area (Å²) in [4.78, 5) is 11.5. The lowest BCUT2D eigenvalue weighted by Crippen LogP contribution is -2.38. The molecule has 0 saturated carbocycles. The Morgan fingerprint density at radius 1 is 1.14 bits per heavy atom. The summed E-state index contributed by atoms with van der Waals surface area (Å²) in [6.07, 6.45) is 0.914. The fourth-order valence-electron chi connectivity index (χ4n) is 2.72. The third-order valence-corrected chi connectivity index (χ3v) is 4.19. The van der Waals surface area contributed by atoms with Gasteiger partial charge >= 0.3 is 0 Å². The van der Waals surface area contributed by atoms with Crippen molar-refractivity contribution in [3.05, 3.63) is 35.9 Å². The van der Waals surface area contributed by atoms with Crippen LogP contribution in [0.2, 0.25) is 0 Å². The first-order valence-electron chi connectivity index (χ1n) is 9.80. The van der Waals surface area contributed by atoms with E-state index >= 15 is 0 Å². The Kier molecular flexibility index (Phi) is 9.51. The van der Waals surface area contributed by atoms with E-state index in [1.165, 1.54) is 0 Å². The Bertz CT molecular complexity index is 749. The third-order valence-electron chi connectivity index (χ3n) is 4.19. The van der Waals surface area contributed by atoms with Gasteiger partial charge in [0.2, 0.25) is 0 Å². The number of pyridine rings is 1. The highest BCUT2D eigenvalue weighted by molar-refractivity contribution is 5.85. The highest BCUT2D eigenvalue weighted by atomic mass is 16.5. The van der Waals surface area contributed by atoms with Crippen LogP contribution in [-0.4, -0.2) is 65.1 Å².